The first-order valence-corrected chi connectivity index (χ1v) is 7.53. The zero-order valence-electron chi connectivity index (χ0n) is 13.0. The minimum absolute atomic E-state index is 0.179. The Bertz CT molecular complexity index is 959. The van der Waals surface area contributed by atoms with Crippen LogP contribution in [0.5, 0.6) is 11.5 Å². The molecule has 120 valence electrons. The molecule has 4 rings (SSSR count). The molecule has 24 heavy (non-hydrogen) atoms. The van der Waals surface area contributed by atoms with Crippen LogP contribution in [-0.4, -0.2) is 23.9 Å². The van der Waals surface area contributed by atoms with Crippen LogP contribution in [-0.2, 0) is 0 Å². The number of hydrogen-bond donors (Lipinski definition) is 2. The third-order valence-electron chi connectivity index (χ3n) is 3.94. The van der Waals surface area contributed by atoms with Crippen LogP contribution in [0, 0.1) is 6.92 Å². The lowest BCUT2D eigenvalue weighted by Crippen LogP contribution is -2.17. The van der Waals surface area contributed by atoms with Gasteiger partial charge in [-0.15, -0.1) is 0 Å². The number of amides is 1. The lowest BCUT2D eigenvalue weighted by atomic mass is 10.1. The molecule has 6 nitrogen and oxygen atoms in total. The van der Waals surface area contributed by atoms with E-state index >= 15 is 0 Å². The third kappa shape index (κ3) is 2.48. The zero-order valence-corrected chi connectivity index (χ0v) is 13.0. The average molecular weight is 321 g/mol. The highest BCUT2D eigenvalue weighted by Gasteiger charge is 2.16. The van der Waals surface area contributed by atoms with Crippen molar-refractivity contribution in [2.24, 2.45) is 5.10 Å². The van der Waals surface area contributed by atoms with Gasteiger partial charge in [0.05, 0.1) is 6.21 Å². The Hall–Kier alpha value is -3.28. The second kappa shape index (κ2) is 5.73. The maximum atomic E-state index is 12.2. The van der Waals surface area contributed by atoms with Crippen molar-refractivity contribution in [2.45, 2.75) is 6.92 Å². The molecule has 2 N–H and O–H groups in total. The molecule has 0 saturated carbocycles. The van der Waals surface area contributed by atoms with E-state index in [0.717, 1.165) is 22.2 Å². The molecule has 0 saturated heterocycles. The van der Waals surface area contributed by atoms with Crippen LogP contribution in [0.4, 0.5) is 0 Å². The molecule has 0 unspecified atom stereocenters. The summed E-state index contributed by atoms with van der Waals surface area (Å²) in [7, 11) is 0. The topological polar surface area (TPSA) is 75.7 Å². The van der Waals surface area contributed by atoms with E-state index in [1.54, 1.807) is 24.4 Å². The van der Waals surface area contributed by atoms with Crippen molar-refractivity contribution in [3.05, 3.63) is 59.3 Å². The quantitative estimate of drug-likeness (QED) is 0.575. The Morgan fingerprint density at radius 3 is 2.96 bits per heavy atom. The van der Waals surface area contributed by atoms with Crippen molar-refractivity contribution in [1.29, 1.82) is 0 Å². The summed E-state index contributed by atoms with van der Waals surface area (Å²) in [5.41, 5.74) is 6.00. The Labute approximate surface area is 138 Å². The predicted molar refractivity (Wildman–Crippen MR) is 90.7 cm³/mol. The van der Waals surface area contributed by atoms with E-state index in [0.29, 0.717) is 17.1 Å². The number of carbonyl (C=O) groups excluding carboxylic acids is 1. The highest BCUT2D eigenvalue weighted by atomic mass is 16.7. The van der Waals surface area contributed by atoms with Crippen molar-refractivity contribution < 1.29 is 14.3 Å². The predicted octanol–water partition coefficient (Wildman–Crippen LogP) is 2.97. The van der Waals surface area contributed by atoms with Gasteiger partial charge in [0, 0.05) is 27.7 Å². The van der Waals surface area contributed by atoms with Crippen LogP contribution in [0.1, 0.15) is 21.6 Å². The number of fused-ring (bicyclic) bond motifs is 2. The number of aromatic nitrogens is 1. The molecule has 0 bridgehead atoms. The summed E-state index contributed by atoms with van der Waals surface area (Å²) >= 11 is 0. The summed E-state index contributed by atoms with van der Waals surface area (Å²) in [4.78, 5) is 15.5. The summed E-state index contributed by atoms with van der Waals surface area (Å²) in [5.74, 6) is 0.908. The second-order valence-electron chi connectivity index (χ2n) is 5.48. The number of ether oxygens (including phenoxy) is 2. The van der Waals surface area contributed by atoms with Gasteiger partial charge in [0.1, 0.15) is 0 Å². The van der Waals surface area contributed by atoms with Crippen LogP contribution in [0.15, 0.2) is 47.6 Å². The maximum absolute atomic E-state index is 12.2. The van der Waals surface area contributed by atoms with Crippen molar-refractivity contribution in [3.8, 4) is 11.5 Å². The van der Waals surface area contributed by atoms with Crippen molar-refractivity contribution in [2.75, 3.05) is 6.79 Å². The number of aromatic amines is 1. The second-order valence-corrected chi connectivity index (χ2v) is 5.48. The molecule has 0 fully saturated rings. The standard InChI is InChI=1S/C18H15N3O3/c1-11-14(13-4-2-3-5-15(13)20-11)9-19-21-18(22)12-6-7-16-17(8-12)24-10-23-16/h2-9,20H,10H2,1H3,(H,21,22)/b19-9-. The largest absolute Gasteiger partial charge is 0.454 e. The number of nitrogens with one attached hydrogen (secondary N) is 2. The number of benzene rings is 2. The average Bonchev–Trinajstić information content (AvgIpc) is 3.18. The van der Waals surface area contributed by atoms with Gasteiger partial charge in [-0.05, 0) is 31.2 Å². The van der Waals surface area contributed by atoms with Gasteiger partial charge in [0.15, 0.2) is 11.5 Å². The lowest BCUT2D eigenvalue weighted by Gasteiger charge is -2.01. The number of para-hydroxylation sites is 1. The van der Waals surface area contributed by atoms with Gasteiger partial charge in [-0.2, -0.15) is 5.10 Å². The molecule has 0 aliphatic carbocycles. The van der Waals surface area contributed by atoms with Crippen LogP contribution in [0.25, 0.3) is 10.9 Å². The van der Waals surface area contributed by atoms with E-state index in [1.165, 1.54) is 0 Å². The summed E-state index contributed by atoms with van der Waals surface area (Å²) in [6.45, 7) is 2.15. The Balaban J connectivity index is 1.52. The highest BCUT2D eigenvalue weighted by Crippen LogP contribution is 2.32. The maximum Gasteiger partial charge on any atom is 0.271 e. The number of hydrazone groups is 1. The molecule has 0 spiro atoms. The highest BCUT2D eigenvalue weighted by molar-refractivity contribution is 6.01. The van der Waals surface area contributed by atoms with E-state index in [-0.39, 0.29) is 12.7 Å². The molecule has 3 aromatic rings. The zero-order chi connectivity index (χ0) is 16.5. The number of H-pyrrole nitrogens is 1. The number of aryl methyl sites for hydroxylation is 1. The Morgan fingerprint density at radius 2 is 2.04 bits per heavy atom. The molecule has 1 aliphatic rings. The first-order valence-electron chi connectivity index (χ1n) is 7.53. The molecule has 2 aromatic carbocycles. The van der Waals surface area contributed by atoms with E-state index < -0.39 is 0 Å². The van der Waals surface area contributed by atoms with Crippen LogP contribution < -0.4 is 14.9 Å². The van der Waals surface area contributed by atoms with E-state index in [2.05, 4.69) is 15.5 Å². The molecule has 1 aliphatic heterocycles. The summed E-state index contributed by atoms with van der Waals surface area (Å²) in [5, 5.41) is 5.14. The van der Waals surface area contributed by atoms with Gasteiger partial charge < -0.3 is 14.5 Å². The Kier molecular flexibility index (Phi) is 3.42. The van der Waals surface area contributed by atoms with Crippen LogP contribution in [0.3, 0.4) is 0 Å². The van der Waals surface area contributed by atoms with Crippen molar-refractivity contribution in [3.63, 3.8) is 0 Å². The lowest BCUT2D eigenvalue weighted by molar-refractivity contribution is 0.0954. The summed E-state index contributed by atoms with van der Waals surface area (Å²) in [6, 6.07) is 13.0. The van der Waals surface area contributed by atoms with Gasteiger partial charge in [0.2, 0.25) is 6.79 Å². The molecule has 2 heterocycles. The molecular formula is C18H15N3O3. The number of carbonyl (C=O) groups is 1. The van der Waals surface area contributed by atoms with Gasteiger partial charge in [-0.1, -0.05) is 18.2 Å². The molecule has 0 atom stereocenters. The SMILES string of the molecule is Cc1[nH]c2ccccc2c1/C=N\NC(=O)c1ccc2c(c1)OCO2. The summed E-state index contributed by atoms with van der Waals surface area (Å²) < 4.78 is 10.5. The normalized spacial score (nSPS) is 12.9. The number of rotatable bonds is 3. The molecular weight excluding hydrogens is 306 g/mol. The van der Waals surface area contributed by atoms with E-state index in [9.17, 15) is 4.79 Å². The van der Waals surface area contributed by atoms with Crippen LogP contribution in [0.2, 0.25) is 0 Å². The summed E-state index contributed by atoms with van der Waals surface area (Å²) in [6.07, 6.45) is 1.65. The van der Waals surface area contributed by atoms with Crippen molar-refractivity contribution in [1.82, 2.24) is 10.4 Å². The monoisotopic (exact) mass is 321 g/mol. The minimum Gasteiger partial charge on any atom is -0.454 e. The minimum atomic E-state index is -0.304. The van der Waals surface area contributed by atoms with E-state index in [1.807, 2.05) is 31.2 Å². The molecule has 0 radical (unpaired) electrons. The van der Waals surface area contributed by atoms with Gasteiger partial charge in [-0.25, -0.2) is 5.43 Å². The van der Waals surface area contributed by atoms with Gasteiger partial charge in [-0.3, -0.25) is 4.79 Å². The fourth-order valence-corrected chi connectivity index (χ4v) is 2.72. The Morgan fingerprint density at radius 1 is 1.21 bits per heavy atom. The smallest absolute Gasteiger partial charge is 0.271 e. The molecule has 6 heteroatoms. The van der Waals surface area contributed by atoms with Crippen LogP contribution >= 0.6 is 0 Å². The first kappa shape index (κ1) is 14.3. The number of nitrogens with zero attached hydrogens (tertiary/aromatic N) is 1. The fourth-order valence-electron chi connectivity index (χ4n) is 2.72. The van der Waals surface area contributed by atoms with Gasteiger partial charge >= 0.3 is 0 Å². The first-order chi connectivity index (χ1) is 11.7. The third-order valence-corrected chi connectivity index (χ3v) is 3.94. The molecule has 1 aromatic heterocycles. The van der Waals surface area contributed by atoms with Gasteiger partial charge in [0.25, 0.3) is 5.91 Å². The number of hydrogen-bond acceptors (Lipinski definition) is 4. The van der Waals surface area contributed by atoms with Crippen molar-refractivity contribution >= 4 is 23.0 Å². The molecule has 1 amide bonds. The fraction of sp³-hybridized carbons (Fsp3) is 0.111. The van der Waals surface area contributed by atoms with E-state index in [4.69, 9.17) is 9.47 Å².